The van der Waals surface area contributed by atoms with Gasteiger partial charge in [-0.2, -0.15) is 0 Å². The zero-order valence-electron chi connectivity index (χ0n) is 11.3. The van der Waals surface area contributed by atoms with Crippen LogP contribution in [-0.4, -0.2) is 11.6 Å². The van der Waals surface area contributed by atoms with Crippen LogP contribution in [0.2, 0.25) is 0 Å². The first-order chi connectivity index (χ1) is 9.20. The molecule has 0 aliphatic carbocycles. The summed E-state index contributed by atoms with van der Waals surface area (Å²) in [5.74, 6) is 1.61. The number of aryl methyl sites for hydroxylation is 1. The third-order valence-corrected chi connectivity index (χ3v) is 2.88. The minimum Gasteiger partial charge on any atom is -0.494 e. The summed E-state index contributed by atoms with van der Waals surface area (Å²) >= 11 is 0. The SMILES string of the molecule is CCOc1cccc(CNc2nccc(C)c2N)c1. The Labute approximate surface area is 113 Å². The predicted octanol–water partition coefficient (Wildman–Crippen LogP) is 2.98. The van der Waals surface area contributed by atoms with Crippen LogP contribution >= 0.6 is 0 Å². The highest BCUT2D eigenvalue weighted by atomic mass is 16.5. The van der Waals surface area contributed by atoms with E-state index in [0.717, 1.165) is 22.7 Å². The number of nitrogens with one attached hydrogen (secondary N) is 1. The Morgan fingerprint density at radius 2 is 2.16 bits per heavy atom. The maximum Gasteiger partial charge on any atom is 0.149 e. The smallest absolute Gasteiger partial charge is 0.149 e. The standard InChI is InChI=1S/C15H19N3O/c1-3-19-13-6-4-5-12(9-13)10-18-15-14(16)11(2)7-8-17-15/h4-9H,3,10,16H2,1-2H3,(H,17,18). The van der Waals surface area contributed by atoms with Crippen molar-refractivity contribution >= 4 is 11.5 Å². The molecule has 2 rings (SSSR count). The molecule has 0 saturated carbocycles. The second-order valence-corrected chi connectivity index (χ2v) is 4.32. The average molecular weight is 257 g/mol. The van der Waals surface area contributed by atoms with Crippen LogP contribution in [0.25, 0.3) is 0 Å². The van der Waals surface area contributed by atoms with Crippen molar-refractivity contribution in [3.63, 3.8) is 0 Å². The highest BCUT2D eigenvalue weighted by Gasteiger charge is 2.03. The van der Waals surface area contributed by atoms with Gasteiger partial charge in [0.25, 0.3) is 0 Å². The summed E-state index contributed by atoms with van der Waals surface area (Å²) in [6.07, 6.45) is 1.75. The van der Waals surface area contributed by atoms with E-state index in [1.54, 1.807) is 6.20 Å². The molecule has 1 aromatic carbocycles. The van der Waals surface area contributed by atoms with Crippen molar-refractivity contribution in [3.8, 4) is 5.75 Å². The quantitative estimate of drug-likeness (QED) is 0.864. The van der Waals surface area contributed by atoms with Crippen LogP contribution < -0.4 is 15.8 Å². The van der Waals surface area contributed by atoms with Crippen molar-refractivity contribution in [2.45, 2.75) is 20.4 Å². The van der Waals surface area contributed by atoms with Crippen LogP contribution in [0, 0.1) is 6.92 Å². The van der Waals surface area contributed by atoms with E-state index in [1.807, 2.05) is 44.2 Å². The number of nitrogen functional groups attached to an aromatic ring is 1. The lowest BCUT2D eigenvalue weighted by molar-refractivity contribution is 0.340. The monoisotopic (exact) mass is 257 g/mol. The molecule has 0 amide bonds. The van der Waals surface area contributed by atoms with Gasteiger partial charge in [0.2, 0.25) is 0 Å². The van der Waals surface area contributed by atoms with Gasteiger partial charge < -0.3 is 15.8 Å². The van der Waals surface area contributed by atoms with Gasteiger partial charge in [0.15, 0.2) is 0 Å². The van der Waals surface area contributed by atoms with Gasteiger partial charge in [0.05, 0.1) is 12.3 Å². The van der Waals surface area contributed by atoms with Crippen molar-refractivity contribution in [2.24, 2.45) is 0 Å². The lowest BCUT2D eigenvalue weighted by Gasteiger charge is -2.11. The molecule has 0 radical (unpaired) electrons. The highest BCUT2D eigenvalue weighted by molar-refractivity contribution is 5.64. The van der Waals surface area contributed by atoms with Crippen LogP contribution in [0.5, 0.6) is 5.75 Å². The molecule has 0 aliphatic heterocycles. The van der Waals surface area contributed by atoms with Crippen LogP contribution in [-0.2, 0) is 6.54 Å². The topological polar surface area (TPSA) is 60.2 Å². The van der Waals surface area contributed by atoms with E-state index in [-0.39, 0.29) is 0 Å². The number of anilines is 2. The molecule has 100 valence electrons. The molecule has 0 aliphatic rings. The molecule has 4 heteroatoms. The summed E-state index contributed by atoms with van der Waals surface area (Å²) in [6, 6.07) is 9.89. The summed E-state index contributed by atoms with van der Waals surface area (Å²) < 4.78 is 5.47. The van der Waals surface area contributed by atoms with Gasteiger partial charge in [0.1, 0.15) is 11.6 Å². The number of ether oxygens (including phenoxy) is 1. The third kappa shape index (κ3) is 3.37. The van der Waals surface area contributed by atoms with E-state index in [4.69, 9.17) is 10.5 Å². The number of rotatable bonds is 5. The summed E-state index contributed by atoms with van der Waals surface area (Å²) in [6.45, 7) is 5.28. The van der Waals surface area contributed by atoms with Crippen molar-refractivity contribution < 1.29 is 4.74 Å². The molecule has 0 bridgehead atoms. The largest absolute Gasteiger partial charge is 0.494 e. The van der Waals surface area contributed by atoms with Crippen LogP contribution in [0.1, 0.15) is 18.1 Å². The summed E-state index contributed by atoms with van der Waals surface area (Å²) in [5.41, 5.74) is 8.83. The number of hydrogen-bond acceptors (Lipinski definition) is 4. The molecule has 1 heterocycles. The second kappa shape index (κ2) is 6.09. The van der Waals surface area contributed by atoms with Crippen LogP contribution in [0.3, 0.4) is 0 Å². The molecule has 3 N–H and O–H groups in total. The van der Waals surface area contributed by atoms with E-state index in [0.29, 0.717) is 18.8 Å². The molecule has 19 heavy (non-hydrogen) atoms. The molecular weight excluding hydrogens is 238 g/mol. The van der Waals surface area contributed by atoms with Gasteiger partial charge in [-0.25, -0.2) is 4.98 Å². The van der Waals surface area contributed by atoms with E-state index < -0.39 is 0 Å². The maximum absolute atomic E-state index is 5.97. The number of hydrogen-bond donors (Lipinski definition) is 2. The molecule has 0 fully saturated rings. The number of pyridine rings is 1. The lowest BCUT2D eigenvalue weighted by Crippen LogP contribution is -2.05. The number of aromatic nitrogens is 1. The Morgan fingerprint density at radius 1 is 1.32 bits per heavy atom. The summed E-state index contributed by atoms with van der Waals surface area (Å²) in [5, 5.41) is 3.25. The average Bonchev–Trinajstić information content (AvgIpc) is 2.41. The fraction of sp³-hybridized carbons (Fsp3) is 0.267. The van der Waals surface area contributed by atoms with E-state index in [9.17, 15) is 0 Å². The number of nitrogens with zero attached hydrogens (tertiary/aromatic N) is 1. The Bertz CT molecular complexity index is 555. The molecule has 1 aromatic heterocycles. The maximum atomic E-state index is 5.97. The fourth-order valence-corrected chi connectivity index (χ4v) is 1.81. The van der Waals surface area contributed by atoms with Crippen molar-refractivity contribution in [2.75, 3.05) is 17.7 Å². The first-order valence-corrected chi connectivity index (χ1v) is 6.37. The van der Waals surface area contributed by atoms with Gasteiger partial charge in [0, 0.05) is 12.7 Å². The van der Waals surface area contributed by atoms with Crippen molar-refractivity contribution in [1.82, 2.24) is 4.98 Å². The zero-order chi connectivity index (χ0) is 13.7. The van der Waals surface area contributed by atoms with Gasteiger partial charge in [-0.15, -0.1) is 0 Å². The summed E-state index contributed by atoms with van der Waals surface area (Å²) in [7, 11) is 0. The minimum atomic E-state index is 0.668. The first kappa shape index (κ1) is 13.2. The van der Waals surface area contributed by atoms with Gasteiger partial charge in [-0.05, 0) is 43.2 Å². The normalized spacial score (nSPS) is 10.2. The summed E-state index contributed by atoms with van der Waals surface area (Å²) in [4.78, 5) is 4.25. The first-order valence-electron chi connectivity index (χ1n) is 6.37. The fourth-order valence-electron chi connectivity index (χ4n) is 1.81. The molecule has 0 spiro atoms. The lowest BCUT2D eigenvalue weighted by atomic mass is 10.2. The van der Waals surface area contributed by atoms with Crippen LogP contribution in [0.15, 0.2) is 36.5 Å². The molecule has 4 nitrogen and oxygen atoms in total. The second-order valence-electron chi connectivity index (χ2n) is 4.32. The minimum absolute atomic E-state index is 0.668. The highest BCUT2D eigenvalue weighted by Crippen LogP contribution is 2.20. The Morgan fingerprint density at radius 3 is 2.95 bits per heavy atom. The molecule has 2 aromatic rings. The van der Waals surface area contributed by atoms with Crippen molar-refractivity contribution in [1.29, 1.82) is 0 Å². The van der Waals surface area contributed by atoms with Crippen LogP contribution in [0.4, 0.5) is 11.5 Å². The van der Waals surface area contributed by atoms with Gasteiger partial charge in [-0.3, -0.25) is 0 Å². The number of benzene rings is 1. The van der Waals surface area contributed by atoms with Gasteiger partial charge in [-0.1, -0.05) is 12.1 Å². The van der Waals surface area contributed by atoms with E-state index in [2.05, 4.69) is 10.3 Å². The molecule has 0 unspecified atom stereocenters. The Kier molecular flexibility index (Phi) is 4.23. The van der Waals surface area contributed by atoms with Crippen molar-refractivity contribution in [3.05, 3.63) is 47.7 Å². The third-order valence-electron chi connectivity index (χ3n) is 2.88. The predicted molar refractivity (Wildman–Crippen MR) is 78.3 cm³/mol. The molecule has 0 atom stereocenters. The van der Waals surface area contributed by atoms with E-state index >= 15 is 0 Å². The Hall–Kier alpha value is -2.23. The number of nitrogens with two attached hydrogens (primary N) is 1. The molecular formula is C15H19N3O. The van der Waals surface area contributed by atoms with E-state index in [1.165, 1.54) is 0 Å². The zero-order valence-corrected chi connectivity index (χ0v) is 11.3. The molecule has 0 saturated heterocycles. The Balaban J connectivity index is 2.06. The van der Waals surface area contributed by atoms with Gasteiger partial charge >= 0.3 is 0 Å².